The van der Waals surface area contributed by atoms with E-state index in [4.69, 9.17) is 14.2 Å². The number of carbonyl (C=O) groups excluding carboxylic acids is 2. The molecular formula is C34H36F2N4O6. The van der Waals surface area contributed by atoms with Gasteiger partial charge in [0.25, 0.3) is 11.8 Å². The summed E-state index contributed by atoms with van der Waals surface area (Å²) in [5.41, 5.74) is 2.46. The molecule has 3 aliphatic heterocycles. The summed E-state index contributed by atoms with van der Waals surface area (Å²) in [4.78, 5) is 29.3. The van der Waals surface area contributed by atoms with Crippen LogP contribution >= 0.6 is 0 Å². The van der Waals surface area contributed by atoms with Crippen molar-refractivity contribution in [2.75, 3.05) is 39.7 Å². The Labute approximate surface area is 265 Å². The molecule has 0 bridgehead atoms. The molecule has 2 unspecified atom stereocenters. The predicted octanol–water partition coefficient (Wildman–Crippen LogP) is 3.76. The Bertz CT molecular complexity index is 1720. The average molecular weight is 635 g/mol. The van der Waals surface area contributed by atoms with Gasteiger partial charge in [-0.15, -0.1) is 0 Å². The smallest absolute Gasteiger partial charge is 0.262 e. The van der Waals surface area contributed by atoms with Gasteiger partial charge in [-0.2, -0.15) is 0 Å². The lowest BCUT2D eigenvalue weighted by Crippen LogP contribution is -2.46. The largest absolute Gasteiger partial charge is 0.496 e. The molecule has 242 valence electrons. The third-order valence-electron chi connectivity index (χ3n) is 8.78. The molecule has 2 amide bonds. The van der Waals surface area contributed by atoms with Crippen molar-refractivity contribution in [1.82, 2.24) is 15.1 Å². The fraction of sp³-hybridized carbons (Fsp3) is 0.353. The van der Waals surface area contributed by atoms with Gasteiger partial charge in [-0.05, 0) is 48.2 Å². The zero-order valence-electron chi connectivity index (χ0n) is 26.0. The van der Waals surface area contributed by atoms with E-state index in [1.807, 2.05) is 0 Å². The molecule has 2 saturated heterocycles. The van der Waals surface area contributed by atoms with E-state index in [1.165, 1.54) is 24.3 Å². The van der Waals surface area contributed by atoms with Crippen molar-refractivity contribution in [3.63, 3.8) is 0 Å². The molecule has 4 atom stereocenters. The molecule has 2 fully saturated rings. The first kappa shape index (κ1) is 31.6. The van der Waals surface area contributed by atoms with E-state index in [9.17, 15) is 14.7 Å². The lowest BCUT2D eigenvalue weighted by molar-refractivity contribution is -0.129. The van der Waals surface area contributed by atoms with E-state index in [1.54, 1.807) is 68.4 Å². The van der Waals surface area contributed by atoms with Crippen molar-refractivity contribution in [3.8, 4) is 28.0 Å². The number of benzene rings is 3. The minimum absolute atomic E-state index is 0.0441. The Kier molecular flexibility index (Phi) is 8.80. The molecule has 0 spiro atoms. The molecule has 0 radical (unpaired) electrons. The number of fused-ring (bicyclic) bond motifs is 1. The van der Waals surface area contributed by atoms with Gasteiger partial charge in [-0.1, -0.05) is 30.3 Å². The number of nitrogens with one attached hydrogen (secondary N) is 2. The molecule has 3 aromatic carbocycles. The molecule has 46 heavy (non-hydrogen) atoms. The van der Waals surface area contributed by atoms with Gasteiger partial charge in [-0.3, -0.25) is 9.59 Å². The second kappa shape index (κ2) is 12.8. The van der Waals surface area contributed by atoms with Crippen LogP contribution < -0.4 is 15.4 Å². The van der Waals surface area contributed by atoms with Crippen molar-refractivity contribution in [1.29, 1.82) is 0 Å². The first-order valence-corrected chi connectivity index (χ1v) is 15.0. The van der Waals surface area contributed by atoms with Gasteiger partial charge in [-0.25, -0.2) is 8.78 Å². The number of aliphatic hydroxyl groups is 1. The monoisotopic (exact) mass is 634 g/mol. The zero-order valence-corrected chi connectivity index (χ0v) is 26.0. The van der Waals surface area contributed by atoms with Crippen LogP contribution in [0.1, 0.15) is 17.5 Å². The fourth-order valence-electron chi connectivity index (χ4n) is 6.00. The van der Waals surface area contributed by atoms with Crippen molar-refractivity contribution < 1.29 is 37.7 Å². The SMILES string of the molecule is COc1cc(-c2cccc(-c3cccc(NC(=O)C4=CN(C)C5OC5N(C)C4=O)c3C)c2F)cc(F)c1CN[C@H]1CCOC[C@@H]1O. The highest BCUT2D eigenvalue weighted by molar-refractivity contribution is 6.23. The number of hydrogen-bond donors (Lipinski definition) is 3. The maximum atomic E-state index is 16.3. The highest BCUT2D eigenvalue weighted by Gasteiger charge is 2.50. The summed E-state index contributed by atoms with van der Waals surface area (Å²) in [7, 11) is 4.74. The summed E-state index contributed by atoms with van der Waals surface area (Å²) in [5.74, 6) is -1.96. The number of methoxy groups -OCH3 is 1. The Morgan fingerprint density at radius 1 is 1.09 bits per heavy atom. The van der Waals surface area contributed by atoms with Crippen LogP contribution in [0.4, 0.5) is 14.5 Å². The minimum Gasteiger partial charge on any atom is -0.496 e. The Morgan fingerprint density at radius 3 is 2.59 bits per heavy atom. The first-order valence-electron chi connectivity index (χ1n) is 15.0. The number of anilines is 1. The Balaban J connectivity index is 1.26. The van der Waals surface area contributed by atoms with Crippen LogP contribution in [0, 0.1) is 18.6 Å². The second-order valence-electron chi connectivity index (χ2n) is 11.7. The Hall–Kier alpha value is -4.36. The normalized spacial score (nSPS) is 22.6. The van der Waals surface area contributed by atoms with Crippen LogP contribution in [-0.2, 0) is 25.6 Å². The van der Waals surface area contributed by atoms with Gasteiger partial charge < -0.3 is 39.8 Å². The van der Waals surface area contributed by atoms with Crippen LogP contribution in [0.25, 0.3) is 22.3 Å². The van der Waals surface area contributed by atoms with Gasteiger partial charge in [0.05, 0.1) is 19.8 Å². The number of halogens is 2. The number of nitrogens with zero attached hydrogens (tertiary/aromatic N) is 2. The summed E-state index contributed by atoms with van der Waals surface area (Å²) < 4.78 is 48.0. The summed E-state index contributed by atoms with van der Waals surface area (Å²) in [6.45, 7) is 2.58. The van der Waals surface area contributed by atoms with Crippen LogP contribution in [0.3, 0.4) is 0 Å². The summed E-state index contributed by atoms with van der Waals surface area (Å²) >= 11 is 0. The maximum absolute atomic E-state index is 16.3. The molecular weight excluding hydrogens is 598 g/mol. The topological polar surface area (TPSA) is 116 Å². The molecule has 3 heterocycles. The van der Waals surface area contributed by atoms with E-state index in [-0.39, 0.29) is 53.4 Å². The number of carbonyl (C=O) groups is 2. The molecule has 3 aromatic rings. The minimum atomic E-state index is -0.699. The predicted molar refractivity (Wildman–Crippen MR) is 166 cm³/mol. The average Bonchev–Trinajstić information content (AvgIpc) is 3.86. The van der Waals surface area contributed by atoms with Crippen LogP contribution in [-0.4, -0.2) is 85.7 Å². The van der Waals surface area contributed by atoms with Gasteiger partial charge >= 0.3 is 0 Å². The number of likely N-dealkylation sites (N-methyl/N-ethyl adjacent to an activating group) is 2. The maximum Gasteiger partial charge on any atom is 0.262 e. The van der Waals surface area contributed by atoms with E-state index in [0.29, 0.717) is 35.4 Å². The molecule has 12 heteroatoms. The standard InChI is InChI=1S/C34H36F2N4O6/c1-18-20(7-6-10-26(18)38-31(42)24-16-39(2)33-34(46-33)40(3)32(24)43)22-9-5-8-21(30(22)36)19-13-25(35)23(29(14-19)44-4)15-37-27-11-12-45-17-28(27)41/h5-10,13-14,16,27-28,33-34,37,41H,11-12,15,17H2,1-4H3,(H,38,42)/t27-,28-,33?,34?/m0/s1. The summed E-state index contributed by atoms with van der Waals surface area (Å²) in [6.07, 6.45) is 0.650. The number of ether oxygens (including phenoxy) is 3. The van der Waals surface area contributed by atoms with Crippen molar-refractivity contribution in [2.45, 2.75) is 44.5 Å². The third kappa shape index (κ3) is 5.96. The van der Waals surface area contributed by atoms with Gasteiger partial charge in [0, 0.05) is 61.9 Å². The van der Waals surface area contributed by atoms with E-state index in [2.05, 4.69) is 10.6 Å². The van der Waals surface area contributed by atoms with Crippen molar-refractivity contribution in [3.05, 3.63) is 83.1 Å². The highest BCUT2D eigenvalue weighted by atomic mass is 19.1. The van der Waals surface area contributed by atoms with Crippen molar-refractivity contribution >= 4 is 17.5 Å². The molecule has 3 N–H and O–H groups in total. The summed E-state index contributed by atoms with van der Waals surface area (Å²) in [6, 6.07) is 12.6. The number of amides is 2. The lowest BCUT2D eigenvalue weighted by atomic mass is 9.94. The van der Waals surface area contributed by atoms with E-state index in [0.717, 1.165) is 0 Å². The van der Waals surface area contributed by atoms with Gasteiger partial charge in [0.2, 0.25) is 0 Å². The van der Waals surface area contributed by atoms with Gasteiger partial charge in [0.15, 0.2) is 12.5 Å². The quantitative estimate of drug-likeness (QED) is 0.254. The molecule has 0 saturated carbocycles. The number of aliphatic hydroxyl groups excluding tert-OH is 1. The molecule has 6 rings (SSSR count). The zero-order chi connectivity index (χ0) is 32.7. The molecule has 10 nitrogen and oxygen atoms in total. The second-order valence-corrected chi connectivity index (χ2v) is 11.7. The van der Waals surface area contributed by atoms with E-state index < -0.39 is 35.8 Å². The number of epoxide rings is 1. The van der Waals surface area contributed by atoms with Crippen LogP contribution in [0.15, 0.2) is 60.3 Å². The number of rotatable bonds is 8. The molecule has 0 aliphatic carbocycles. The third-order valence-corrected chi connectivity index (χ3v) is 8.78. The highest BCUT2D eigenvalue weighted by Crippen LogP contribution is 2.38. The summed E-state index contributed by atoms with van der Waals surface area (Å²) in [5, 5.41) is 16.2. The number of hydrogen-bond acceptors (Lipinski definition) is 8. The van der Waals surface area contributed by atoms with E-state index >= 15 is 8.78 Å². The molecule has 0 aromatic heterocycles. The fourth-order valence-corrected chi connectivity index (χ4v) is 6.00. The first-order chi connectivity index (χ1) is 22.1. The van der Waals surface area contributed by atoms with Crippen LogP contribution in [0.2, 0.25) is 0 Å². The molecule has 3 aliphatic rings. The lowest BCUT2D eigenvalue weighted by Gasteiger charge is -2.29. The Morgan fingerprint density at radius 2 is 1.83 bits per heavy atom. The van der Waals surface area contributed by atoms with Crippen LogP contribution in [0.5, 0.6) is 5.75 Å². The van der Waals surface area contributed by atoms with Crippen molar-refractivity contribution in [2.24, 2.45) is 0 Å². The van der Waals surface area contributed by atoms with Gasteiger partial charge in [0.1, 0.15) is 23.0 Å².